The fourth-order valence-electron chi connectivity index (χ4n) is 4.23. The van der Waals surface area contributed by atoms with Gasteiger partial charge in [-0.25, -0.2) is 4.79 Å². The van der Waals surface area contributed by atoms with E-state index in [2.05, 4.69) is 5.32 Å². The number of nitrogens with zero attached hydrogens (tertiary/aromatic N) is 2. The first-order valence-electron chi connectivity index (χ1n) is 9.19. The zero-order valence-electron chi connectivity index (χ0n) is 14.8. The fourth-order valence-corrected chi connectivity index (χ4v) is 4.23. The summed E-state index contributed by atoms with van der Waals surface area (Å²) in [5.41, 5.74) is 2.53. The average Bonchev–Trinajstić information content (AvgIpc) is 2.98. The highest BCUT2D eigenvalue weighted by atomic mass is 16.4. The predicted octanol–water partition coefficient (Wildman–Crippen LogP) is 1.31. The van der Waals surface area contributed by atoms with E-state index in [0.29, 0.717) is 31.6 Å². The molecule has 2 fully saturated rings. The van der Waals surface area contributed by atoms with Gasteiger partial charge in [0.05, 0.1) is 0 Å². The summed E-state index contributed by atoms with van der Waals surface area (Å²) in [5.74, 6) is -0.656. The number of hydrogen-bond acceptors (Lipinski definition) is 4. The lowest BCUT2D eigenvalue weighted by Gasteiger charge is -2.30. The molecule has 8 heteroatoms. The molecule has 4 rings (SSSR count). The van der Waals surface area contributed by atoms with Gasteiger partial charge in [-0.15, -0.1) is 0 Å². The molecule has 0 radical (unpaired) electrons. The molecule has 142 valence electrons. The minimum absolute atomic E-state index is 0.177. The molecule has 0 saturated carbocycles. The van der Waals surface area contributed by atoms with Crippen LogP contribution in [0.2, 0.25) is 0 Å². The molecule has 4 amide bonds. The predicted molar refractivity (Wildman–Crippen MR) is 94.1 cm³/mol. The number of rotatable bonds is 2. The number of amides is 4. The molecule has 3 aliphatic heterocycles. The molecule has 1 unspecified atom stereocenters. The summed E-state index contributed by atoms with van der Waals surface area (Å²) in [6.45, 7) is 1.36. The van der Waals surface area contributed by atoms with Crippen LogP contribution in [0, 0.1) is 0 Å². The molecule has 3 heterocycles. The van der Waals surface area contributed by atoms with E-state index in [-0.39, 0.29) is 24.2 Å². The number of carbonyl (C=O) groups is 4. The van der Waals surface area contributed by atoms with Gasteiger partial charge in [-0.3, -0.25) is 19.7 Å². The molecular formula is C19H21N3O5. The third-order valence-electron chi connectivity index (χ3n) is 5.79. The minimum Gasteiger partial charge on any atom is -0.465 e. The van der Waals surface area contributed by atoms with Crippen LogP contribution in [0.5, 0.6) is 0 Å². The molecule has 3 aliphatic rings. The largest absolute Gasteiger partial charge is 0.465 e. The maximum atomic E-state index is 12.9. The van der Waals surface area contributed by atoms with Crippen molar-refractivity contribution in [1.29, 1.82) is 0 Å². The smallest absolute Gasteiger partial charge is 0.407 e. The van der Waals surface area contributed by atoms with Gasteiger partial charge >= 0.3 is 6.09 Å². The summed E-state index contributed by atoms with van der Waals surface area (Å²) in [4.78, 5) is 50.3. The van der Waals surface area contributed by atoms with Gasteiger partial charge in [0.2, 0.25) is 11.8 Å². The molecule has 1 atom stereocenters. The number of fused-ring (bicyclic) bond motifs is 1. The SMILES string of the molecule is O=C1CCC(N2Cc3ccc(C4CCN(C(=O)O)CC4)cc3C2=O)C(=O)N1. The number of imide groups is 1. The molecule has 8 nitrogen and oxygen atoms in total. The number of piperidine rings is 2. The fraction of sp³-hybridized carbons (Fsp3) is 0.474. The summed E-state index contributed by atoms with van der Waals surface area (Å²) in [6.07, 6.45) is 1.17. The van der Waals surface area contributed by atoms with Crippen molar-refractivity contribution in [3.05, 3.63) is 34.9 Å². The summed E-state index contributed by atoms with van der Waals surface area (Å²) in [7, 11) is 0. The van der Waals surface area contributed by atoms with E-state index >= 15 is 0 Å². The quantitative estimate of drug-likeness (QED) is 0.762. The van der Waals surface area contributed by atoms with Gasteiger partial charge in [0.15, 0.2) is 0 Å². The van der Waals surface area contributed by atoms with Crippen molar-refractivity contribution in [2.45, 2.75) is 44.2 Å². The lowest BCUT2D eigenvalue weighted by Crippen LogP contribution is -2.52. The first-order chi connectivity index (χ1) is 12.9. The van der Waals surface area contributed by atoms with Crippen molar-refractivity contribution in [2.75, 3.05) is 13.1 Å². The Bertz CT molecular complexity index is 829. The number of hydrogen-bond donors (Lipinski definition) is 2. The molecule has 0 spiro atoms. The number of nitrogens with one attached hydrogen (secondary N) is 1. The number of carbonyl (C=O) groups excluding carboxylic acids is 3. The number of carboxylic acid groups (broad SMARTS) is 1. The molecule has 2 N–H and O–H groups in total. The van der Waals surface area contributed by atoms with E-state index < -0.39 is 18.0 Å². The Morgan fingerprint density at radius 3 is 2.52 bits per heavy atom. The van der Waals surface area contributed by atoms with Gasteiger partial charge in [-0.05, 0) is 42.4 Å². The van der Waals surface area contributed by atoms with E-state index in [9.17, 15) is 19.2 Å². The third-order valence-corrected chi connectivity index (χ3v) is 5.79. The molecule has 1 aromatic rings. The third kappa shape index (κ3) is 3.15. The monoisotopic (exact) mass is 371 g/mol. The first kappa shape index (κ1) is 17.5. The Morgan fingerprint density at radius 2 is 1.85 bits per heavy atom. The van der Waals surface area contributed by atoms with Crippen LogP contribution in [0.4, 0.5) is 4.79 Å². The Kier molecular flexibility index (Phi) is 4.33. The Labute approximate surface area is 156 Å². The molecule has 2 saturated heterocycles. The van der Waals surface area contributed by atoms with Crippen LogP contribution >= 0.6 is 0 Å². The lowest BCUT2D eigenvalue weighted by atomic mass is 9.88. The van der Waals surface area contributed by atoms with Gasteiger partial charge in [-0.2, -0.15) is 0 Å². The van der Waals surface area contributed by atoms with Crippen LogP contribution in [0.3, 0.4) is 0 Å². The Morgan fingerprint density at radius 1 is 1.11 bits per heavy atom. The van der Waals surface area contributed by atoms with E-state index in [4.69, 9.17) is 5.11 Å². The van der Waals surface area contributed by atoms with Gasteiger partial charge < -0.3 is 14.9 Å². The normalized spacial score (nSPS) is 23.4. The zero-order chi connectivity index (χ0) is 19.1. The molecular weight excluding hydrogens is 350 g/mol. The van der Waals surface area contributed by atoms with Crippen molar-refractivity contribution in [3.63, 3.8) is 0 Å². The van der Waals surface area contributed by atoms with E-state index in [1.807, 2.05) is 18.2 Å². The van der Waals surface area contributed by atoms with Crippen molar-refractivity contribution in [3.8, 4) is 0 Å². The highest BCUT2D eigenvalue weighted by Gasteiger charge is 2.39. The second-order valence-corrected chi connectivity index (χ2v) is 7.36. The van der Waals surface area contributed by atoms with Crippen molar-refractivity contribution in [2.24, 2.45) is 0 Å². The lowest BCUT2D eigenvalue weighted by molar-refractivity contribution is -0.136. The van der Waals surface area contributed by atoms with Crippen molar-refractivity contribution >= 4 is 23.8 Å². The van der Waals surface area contributed by atoms with E-state index in [1.165, 1.54) is 4.90 Å². The topological polar surface area (TPSA) is 107 Å². The summed E-state index contributed by atoms with van der Waals surface area (Å²) in [5, 5.41) is 11.4. The van der Waals surface area contributed by atoms with Crippen LogP contribution < -0.4 is 5.32 Å². The highest BCUT2D eigenvalue weighted by Crippen LogP contribution is 2.33. The molecule has 0 aliphatic carbocycles. The van der Waals surface area contributed by atoms with Crippen LogP contribution in [-0.4, -0.2) is 57.9 Å². The molecule has 0 aromatic heterocycles. The van der Waals surface area contributed by atoms with Crippen LogP contribution in [0.1, 0.15) is 53.1 Å². The zero-order valence-corrected chi connectivity index (χ0v) is 14.8. The Hall–Kier alpha value is -2.90. The summed E-state index contributed by atoms with van der Waals surface area (Å²) in [6, 6.07) is 5.22. The van der Waals surface area contributed by atoms with E-state index in [1.54, 1.807) is 4.90 Å². The number of likely N-dealkylation sites (tertiary alicyclic amines) is 1. The van der Waals surface area contributed by atoms with Gasteiger partial charge in [0, 0.05) is 31.6 Å². The number of benzene rings is 1. The Balaban J connectivity index is 1.49. The average molecular weight is 371 g/mol. The molecule has 27 heavy (non-hydrogen) atoms. The van der Waals surface area contributed by atoms with Crippen LogP contribution in [-0.2, 0) is 16.1 Å². The standard InChI is InChI=1S/C19H21N3O5/c23-16-4-3-15(17(24)20-16)22-10-13-2-1-12(9-14(13)18(22)25)11-5-7-21(8-6-11)19(26)27/h1-2,9,11,15H,3-8,10H2,(H,26,27)(H,20,23,24). The second-order valence-electron chi connectivity index (χ2n) is 7.36. The highest BCUT2D eigenvalue weighted by molar-refractivity contribution is 6.05. The van der Waals surface area contributed by atoms with Crippen LogP contribution in [0.25, 0.3) is 0 Å². The minimum atomic E-state index is -0.891. The molecule has 1 aromatic carbocycles. The summed E-state index contributed by atoms with van der Waals surface area (Å²) < 4.78 is 0. The maximum Gasteiger partial charge on any atom is 0.407 e. The van der Waals surface area contributed by atoms with Crippen LogP contribution in [0.15, 0.2) is 18.2 Å². The van der Waals surface area contributed by atoms with Crippen molar-refractivity contribution < 1.29 is 24.3 Å². The van der Waals surface area contributed by atoms with Gasteiger partial charge in [0.1, 0.15) is 6.04 Å². The van der Waals surface area contributed by atoms with Crippen molar-refractivity contribution in [1.82, 2.24) is 15.1 Å². The maximum absolute atomic E-state index is 12.9. The summed E-state index contributed by atoms with van der Waals surface area (Å²) >= 11 is 0. The first-order valence-corrected chi connectivity index (χ1v) is 9.19. The van der Waals surface area contributed by atoms with E-state index in [0.717, 1.165) is 24.0 Å². The molecule has 0 bridgehead atoms. The van der Waals surface area contributed by atoms with Gasteiger partial charge in [-0.1, -0.05) is 12.1 Å². The van der Waals surface area contributed by atoms with Gasteiger partial charge in [0.25, 0.3) is 5.91 Å². The second kappa shape index (κ2) is 6.68.